The van der Waals surface area contributed by atoms with Gasteiger partial charge in [0.2, 0.25) is 10.0 Å². The smallest absolute Gasteiger partial charge is 0.215 e. The molecule has 0 saturated carbocycles. The number of nitrogens with one attached hydrogen (secondary N) is 1. The van der Waals surface area contributed by atoms with E-state index < -0.39 is 10.0 Å². The van der Waals surface area contributed by atoms with Gasteiger partial charge in [-0.2, -0.15) is 0 Å². The third-order valence-electron chi connectivity index (χ3n) is 3.19. The lowest BCUT2D eigenvalue weighted by Crippen LogP contribution is -2.34. The van der Waals surface area contributed by atoms with Crippen molar-refractivity contribution in [3.63, 3.8) is 0 Å². The van der Waals surface area contributed by atoms with E-state index >= 15 is 0 Å². The maximum Gasteiger partial charge on any atom is 0.215 e. The van der Waals surface area contributed by atoms with Crippen LogP contribution in [-0.4, -0.2) is 34.0 Å². The van der Waals surface area contributed by atoms with E-state index in [4.69, 9.17) is 0 Å². The average molecular weight is 324 g/mol. The topological polar surface area (TPSA) is 49.4 Å². The Morgan fingerprint density at radius 2 is 1.86 bits per heavy atom. The molecule has 0 radical (unpaired) electrons. The first-order valence-corrected chi connectivity index (χ1v) is 9.22. The summed E-state index contributed by atoms with van der Waals surface area (Å²) in [5.74, 6) is 0.0123. The lowest BCUT2D eigenvalue weighted by Gasteiger charge is -2.23. The minimum absolute atomic E-state index is 0.0123. The standard InChI is InChI=1S/C15H20N2O2S2/c1-17(2)14(15-9-6-10-20-15)11-16-21(18,19)12-13-7-4-3-5-8-13/h3-10,14,16H,11-12H2,1-2H3. The summed E-state index contributed by atoms with van der Waals surface area (Å²) in [6, 6.07) is 13.3. The highest BCUT2D eigenvalue weighted by molar-refractivity contribution is 7.88. The zero-order valence-electron chi connectivity index (χ0n) is 12.2. The van der Waals surface area contributed by atoms with Crippen LogP contribution in [0.15, 0.2) is 47.8 Å². The van der Waals surface area contributed by atoms with E-state index in [0.29, 0.717) is 6.54 Å². The Morgan fingerprint density at radius 3 is 2.43 bits per heavy atom. The molecule has 0 aliphatic carbocycles. The molecule has 1 N–H and O–H groups in total. The summed E-state index contributed by atoms with van der Waals surface area (Å²) in [6.45, 7) is 0.378. The molecule has 1 heterocycles. The van der Waals surface area contributed by atoms with E-state index in [0.717, 1.165) is 10.4 Å². The van der Waals surface area contributed by atoms with Crippen LogP contribution in [0.1, 0.15) is 16.5 Å². The Hall–Kier alpha value is -1.21. The number of rotatable bonds is 7. The largest absolute Gasteiger partial charge is 0.300 e. The number of hydrogen-bond acceptors (Lipinski definition) is 4. The maximum atomic E-state index is 12.2. The SMILES string of the molecule is CN(C)C(CNS(=O)(=O)Cc1ccccc1)c1cccs1. The van der Waals surface area contributed by atoms with Crippen LogP contribution >= 0.6 is 11.3 Å². The van der Waals surface area contributed by atoms with Gasteiger partial charge in [-0.15, -0.1) is 11.3 Å². The lowest BCUT2D eigenvalue weighted by molar-refractivity contribution is 0.303. The van der Waals surface area contributed by atoms with Crippen molar-refractivity contribution in [2.24, 2.45) is 0 Å². The molecular formula is C15H20N2O2S2. The molecule has 4 nitrogen and oxygen atoms in total. The van der Waals surface area contributed by atoms with Crippen molar-refractivity contribution in [1.29, 1.82) is 0 Å². The predicted molar refractivity (Wildman–Crippen MR) is 87.8 cm³/mol. The average Bonchev–Trinajstić information content (AvgIpc) is 2.93. The number of sulfonamides is 1. The molecule has 0 aliphatic rings. The monoisotopic (exact) mass is 324 g/mol. The van der Waals surface area contributed by atoms with Crippen molar-refractivity contribution >= 4 is 21.4 Å². The van der Waals surface area contributed by atoms with Gasteiger partial charge in [0.25, 0.3) is 0 Å². The molecule has 0 bridgehead atoms. The Morgan fingerprint density at radius 1 is 1.14 bits per heavy atom. The molecule has 1 aromatic carbocycles. The number of hydrogen-bond donors (Lipinski definition) is 1. The van der Waals surface area contributed by atoms with Gasteiger partial charge in [-0.1, -0.05) is 36.4 Å². The fraction of sp³-hybridized carbons (Fsp3) is 0.333. The van der Waals surface area contributed by atoms with Gasteiger partial charge in [0.05, 0.1) is 11.8 Å². The zero-order chi connectivity index (χ0) is 15.3. The van der Waals surface area contributed by atoms with Crippen molar-refractivity contribution in [2.45, 2.75) is 11.8 Å². The van der Waals surface area contributed by atoms with Crippen LogP contribution in [0.25, 0.3) is 0 Å². The van der Waals surface area contributed by atoms with E-state index in [-0.39, 0.29) is 11.8 Å². The lowest BCUT2D eigenvalue weighted by atomic mass is 10.2. The molecule has 0 spiro atoms. The normalized spacial score (nSPS) is 13.5. The van der Waals surface area contributed by atoms with Crippen LogP contribution in [0.4, 0.5) is 0 Å². The summed E-state index contributed by atoms with van der Waals surface area (Å²) in [7, 11) is 0.582. The molecule has 21 heavy (non-hydrogen) atoms. The Kier molecular flexibility index (Phi) is 5.52. The first-order chi connectivity index (χ1) is 9.98. The molecule has 0 amide bonds. The van der Waals surface area contributed by atoms with Gasteiger partial charge in [-0.05, 0) is 31.1 Å². The fourth-order valence-electron chi connectivity index (χ4n) is 2.07. The van der Waals surface area contributed by atoms with Crippen molar-refractivity contribution in [1.82, 2.24) is 9.62 Å². The highest BCUT2D eigenvalue weighted by atomic mass is 32.2. The van der Waals surface area contributed by atoms with Crippen LogP contribution in [0.2, 0.25) is 0 Å². The Balaban J connectivity index is 2.00. The Bertz CT molecular complexity index is 638. The number of benzene rings is 1. The van der Waals surface area contributed by atoms with Gasteiger partial charge in [-0.3, -0.25) is 0 Å². The molecule has 114 valence electrons. The number of nitrogens with zero attached hydrogens (tertiary/aromatic N) is 1. The van der Waals surface area contributed by atoms with E-state index in [2.05, 4.69) is 4.72 Å². The third-order valence-corrected chi connectivity index (χ3v) is 5.48. The maximum absolute atomic E-state index is 12.2. The summed E-state index contributed by atoms with van der Waals surface area (Å²) in [6.07, 6.45) is 0. The van der Waals surface area contributed by atoms with Gasteiger partial charge in [-0.25, -0.2) is 13.1 Å². The van der Waals surface area contributed by atoms with E-state index in [1.54, 1.807) is 11.3 Å². The van der Waals surface area contributed by atoms with Crippen molar-refractivity contribution in [3.05, 3.63) is 58.3 Å². The molecule has 1 aromatic heterocycles. The molecule has 2 rings (SSSR count). The molecule has 1 unspecified atom stereocenters. The van der Waals surface area contributed by atoms with Gasteiger partial charge in [0, 0.05) is 11.4 Å². The summed E-state index contributed by atoms with van der Waals surface area (Å²) >= 11 is 1.64. The summed E-state index contributed by atoms with van der Waals surface area (Å²) in [4.78, 5) is 3.18. The van der Waals surface area contributed by atoms with Crippen molar-refractivity contribution in [3.8, 4) is 0 Å². The highest BCUT2D eigenvalue weighted by Gasteiger charge is 2.19. The minimum atomic E-state index is -3.33. The van der Waals surface area contributed by atoms with Crippen molar-refractivity contribution < 1.29 is 8.42 Å². The summed E-state index contributed by atoms with van der Waals surface area (Å²) in [5, 5.41) is 2.00. The van der Waals surface area contributed by atoms with E-state index in [9.17, 15) is 8.42 Å². The summed E-state index contributed by atoms with van der Waals surface area (Å²) < 4.78 is 27.1. The van der Waals surface area contributed by atoms with Crippen LogP contribution < -0.4 is 4.72 Å². The second kappa shape index (κ2) is 7.17. The second-order valence-electron chi connectivity index (χ2n) is 5.09. The molecule has 2 aromatic rings. The molecule has 6 heteroatoms. The molecule has 0 aliphatic heterocycles. The molecule has 1 atom stereocenters. The Labute approximate surface area is 130 Å². The first kappa shape index (κ1) is 16.2. The quantitative estimate of drug-likeness (QED) is 0.851. The zero-order valence-corrected chi connectivity index (χ0v) is 13.8. The van der Waals surface area contributed by atoms with Crippen molar-refractivity contribution in [2.75, 3.05) is 20.6 Å². The molecule has 0 saturated heterocycles. The fourth-order valence-corrected chi connectivity index (χ4v) is 4.14. The highest BCUT2D eigenvalue weighted by Crippen LogP contribution is 2.22. The van der Waals surface area contributed by atoms with Crippen LogP contribution in [-0.2, 0) is 15.8 Å². The summed E-state index contributed by atoms with van der Waals surface area (Å²) in [5.41, 5.74) is 0.794. The van der Waals surface area contributed by atoms with E-state index in [1.807, 2.05) is 66.8 Å². The second-order valence-corrected chi connectivity index (χ2v) is 7.87. The minimum Gasteiger partial charge on any atom is -0.300 e. The van der Waals surface area contributed by atoms with Crippen LogP contribution in [0, 0.1) is 0 Å². The van der Waals surface area contributed by atoms with Crippen LogP contribution in [0.5, 0.6) is 0 Å². The van der Waals surface area contributed by atoms with Gasteiger partial charge in [0.15, 0.2) is 0 Å². The number of likely N-dealkylation sites (N-methyl/N-ethyl adjacent to an activating group) is 1. The van der Waals surface area contributed by atoms with Gasteiger partial charge >= 0.3 is 0 Å². The van der Waals surface area contributed by atoms with Gasteiger partial charge < -0.3 is 4.90 Å². The van der Waals surface area contributed by atoms with E-state index in [1.165, 1.54) is 0 Å². The van der Waals surface area contributed by atoms with Gasteiger partial charge in [0.1, 0.15) is 0 Å². The molecular weight excluding hydrogens is 304 g/mol. The third kappa shape index (κ3) is 4.93. The molecule has 0 fully saturated rings. The number of thiophene rings is 1. The first-order valence-electron chi connectivity index (χ1n) is 6.69. The van der Waals surface area contributed by atoms with Crippen LogP contribution in [0.3, 0.4) is 0 Å². The predicted octanol–water partition coefficient (Wildman–Crippen LogP) is 2.47.